The van der Waals surface area contributed by atoms with Crippen LogP contribution in [0.2, 0.25) is 0 Å². The van der Waals surface area contributed by atoms with Crippen LogP contribution in [-0.2, 0) is 11.2 Å². The van der Waals surface area contributed by atoms with Gasteiger partial charge in [-0.3, -0.25) is 9.79 Å². The Balaban J connectivity index is 1.68. The fraction of sp³-hybridized carbons (Fsp3) is 0.296. The van der Waals surface area contributed by atoms with Crippen LogP contribution < -0.4 is 15.4 Å². The van der Waals surface area contributed by atoms with E-state index in [9.17, 15) is 4.79 Å². The number of nitrogens with zero attached hydrogens (tertiary/aromatic N) is 3. The molecule has 1 amide bonds. The van der Waals surface area contributed by atoms with Gasteiger partial charge < -0.3 is 15.4 Å². The highest BCUT2D eigenvalue weighted by atomic mass is 16.5. The molecule has 0 unspecified atom stereocenters. The van der Waals surface area contributed by atoms with Crippen molar-refractivity contribution in [2.45, 2.75) is 51.6 Å². The Hall–Kier alpha value is -3.67. The first-order valence-electron chi connectivity index (χ1n) is 11.5. The summed E-state index contributed by atoms with van der Waals surface area (Å²) >= 11 is 0. The van der Waals surface area contributed by atoms with Gasteiger partial charge in [-0.1, -0.05) is 18.2 Å². The van der Waals surface area contributed by atoms with Gasteiger partial charge in [0, 0.05) is 53.7 Å². The second-order valence-electron chi connectivity index (χ2n) is 8.79. The van der Waals surface area contributed by atoms with Gasteiger partial charge in [-0.15, -0.1) is 0 Å². The third-order valence-electron chi connectivity index (χ3n) is 6.39. The van der Waals surface area contributed by atoms with Gasteiger partial charge in [0.25, 0.3) is 0 Å². The van der Waals surface area contributed by atoms with Gasteiger partial charge in [0.1, 0.15) is 5.75 Å². The number of rotatable bonds is 5. The minimum Gasteiger partial charge on any atom is -0.437 e. The Labute approximate surface area is 193 Å². The van der Waals surface area contributed by atoms with Gasteiger partial charge >= 0.3 is 0 Å². The van der Waals surface area contributed by atoms with Crippen molar-refractivity contribution in [1.82, 2.24) is 4.98 Å². The van der Waals surface area contributed by atoms with E-state index in [0.29, 0.717) is 17.7 Å². The zero-order chi connectivity index (χ0) is 22.9. The van der Waals surface area contributed by atoms with Crippen LogP contribution in [0, 0.1) is 0 Å². The molecule has 33 heavy (non-hydrogen) atoms. The van der Waals surface area contributed by atoms with E-state index in [1.54, 1.807) is 19.3 Å². The number of carbonyl (C=O) groups excluding carboxylic acids is 1. The molecule has 2 N–H and O–H groups in total. The highest BCUT2D eigenvalue weighted by molar-refractivity contribution is 6.11. The van der Waals surface area contributed by atoms with E-state index in [1.165, 1.54) is 0 Å². The quantitative estimate of drug-likeness (QED) is 0.550. The van der Waals surface area contributed by atoms with Crippen LogP contribution >= 0.6 is 0 Å². The first kappa shape index (κ1) is 21.2. The molecule has 3 aromatic rings. The molecule has 1 fully saturated rings. The Morgan fingerprint density at radius 2 is 2.00 bits per heavy atom. The van der Waals surface area contributed by atoms with Gasteiger partial charge in [-0.05, 0) is 62.3 Å². The Kier molecular flexibility index (Phi) is 5.58. The molecule has 1 aliphatic heterocycles. The van der Waals surface area contributed by atoms with Crippen LogP contribution in [0.3, 0.4) is 0 Å². The summed E-state index contributed by atoms with van der Waals surface area (Å²) in [5.74, 6) is 1.25. The summed E-state index contributed by atoms with van der Waals surface area (Å²) in [6.07, 6.45) is 9.06. The zero-order valence-electron chi connectivity index (χ0n) is 19.0. The largest absolute Gasteiger partial charge is 0.437 e. The number of aliphatic imine (C=N–C) groups is 1. The maximum Gasteiger partial charge on any atom is 0.227 e. The third-order valence-corrected chi connectivity index (χ3v) is 6.39. The van der Waals surface area contributed by atoms with Crippen molar-refractivity contribution < 1.29 is 9.53 Å². The van der Waals surface area contributed by atoms with Crippen molar-refractivity contribution in [3.8, 4) is 11.6 Å². The van der Waals surface area contributed by atoms with Crippen LogP contribution in [-0.4, -0.2) is 29.2 Å². The zero-order valence-corrected chi connectivity index (χ0v) is 19.0. The summed E-state index contributed by atoms with van der Waals surface area (Å²) in [5.41, 5.74) is 9.58. The van der Waals surface area contributed by atoms with Crippen molar-refractivity contribution >= 4 is 34.2 Å². The highest BCUT2D eigenvalue weighted by Gasteiger charge is 2.30. The predicted molar refractivity (Wildman–Crippen MR) is 133 cm³/mol. The van der Waals surface area contributed by atoms with Crippen LogP contribution in [0.4, 0.5) is 5.69 Å². The lowest BCUT2D eigenvalue weighted by atomic mass is 9.91. The average molecular weight is 441 g/mol. The van der Waals surface area contributed by atoms with Crippen molar-refractivity contribution in [2.24, 2.45) is 10.7 Å². The number of carbonyl (C=O) groups is 1. The van der Waals surface area contributed by atoms with Crippen molar-refractivity contribution in [3.05, 3.63) is 66.0 Å². The van der Waals surface area contributed by atoms with E-state index in [4.69, 9.17) is 10.5 Å². The minimum atomic E-state index is 0.0234. The van der Waals surface area contributed by atoms with Crippen molar-refractivity contribution in [1.29, 1.82) is 0 Å². The van der Waals surface area contributed by atoms with Crippen molar-refractivity contribution in [2.75, 3.05) is 4.90 Å². The molecule has 2 heterocycles. The molecule has 0 bridgehead atoms. The first-order chi connectivity index (χ1) is 16.1. The maximum absolute atomic E-state index is 12.5. The molecule has 2 aromatic carbocycles. The SMILES string of the molecule is CC(=O)N1c2ccc(C(C=NC3CC3)=CN)c(Oc3nccc4ccccc34)c2CC[C@@H]1C. The van der Waals surface area contributed by atoms with Crippen LogP contribution in [0.1, 0.15) is 44.2 Å². The third kappa shape index (κ3) is 4.09. The van der Waals surface area contributed by atoms with Gasteiger partial charge in [-0.2, -0.15) is 0 Å². The van der Waals surface area contributed by atoms with Gasteiger partial charge in [-0.25, -0.2) is 4.98 Å². The average Bonchev–Trinajstić information content (AvgIpc) is 3.64. The summed E-state index contributed by atoms with van der Waals surface area (Å²) in [6, 6.07) is 14.5. The normalized spacial score (nSPS) is 18.5. The number of aromatic nitrogens is 1. The lowest BCUT2D eigenvalue weighted by molar-refractivity contribution is -0.117. The minimum absolute atomic E-state index is 0.0234. The summed E-state index contributed by atoms with van der Waals surface area (Å²) < 4.78 is 6.58. The van der Waals surface area contributed by atoms with Gasteiger partial charge in [0.05, 0.1) is 11.7 Å². The van der Waals surface area contributed by atoms with Crippen LogP contribution in [0.25, 0.3) is 16.3 Å². The molecule has 2 aliphatic rings. The number of hydrogen-bond acceptors (Lipinski definition) is 5. The number of hydrogen-bond donors (Lipinski definition) is 1. The monoisotopic (exact) mass is 440 g/mol. The lowest BCUT2D eigenvalue weighted by Gasteiger charge is -2.36. The molecule has 6 heteroatoms. The summed E-state index contributed by atoms with van der Waals surface area (Å²) in [6.45, 7) is 3.69. The van der Waals surface area contributed by atoms with E-state index < -0.39 is 0 Å². The molecule has 0 radical (unpaired) electrons. The fourth-order valence-corrected chi connectivity index (χ4v) is 4.51. The molecule has 1 atom stereocenters. The maximum atomic E-state index is 12.5. The number of pyridine rings is 1. The number of anilines is 1. The fourth-order valence-electron chi connectivity index (χ4n) is 4.51. The second kappa shape index (κ2) is 8.70. The summed E-state index contributed by atoms with van der Waals surface area (Å²) in [5, 5.41) is 1.98. The number of benzene rings is 2. The predicted octanol–water partition coefficient (Wildman–Crippen LogP) is 5.25. The van der Waals surface area contributed by atoms with Crippen LogP contribution in [0.15, 0.2) is 59.9 Å². The second-order valence-corrected chi connectivity index (χ2v) is 8.79. The van der Waals surface area contributed by atoms with E-state index in [0.717, 1.165) is 58.8 Å². The Morgan fingerprint density at radius 3 is 2.76 bits per heavy atom. The van der Waals surface area contributed by atoms with Gasteiger partial charge in [0.15, 0.2) is 0 Å². The smallest absolute Gasteiger partial charge is 0.227 e. The molecule has 5 rings (SSSR count). The van der Waals surface area contributed by atoms with Crippen molar-refractivity contribution in [3.63, 3.8) is 0 Å². The van der Waals surface area contributed by atoms with E-state index in [2.05, 4.69) is 16.9 Å². The lowest BCUT2D eigenvalue weighted by Crippen LogP contribution is -2.40. The topological polar surface area (TPSA) is 80.8 Å². The molecule has 168 valence electrons. The molecule has 0 saturated heterocycles. The number of nitrogens with two attached hydrogens (primary N) is 1. The van der Waals surface area contributed by atoms with E-state index >= 15 is 0 Å². The molecule has 1 saturated carbocycles. The number of allylic oxidation sites excluding steroid dienone is 1. The Bertz CT molecular complexity index is 1270. The van der Waals surface area contributed by atoms with Crippen LogP contribution in [0.5, 0.6) is 11.6 Å². The molecule has 1 aliphatic carbocycles. The molecule has 6 nitrogen and oxygen atoms in total. The standard InChI is InChI=1S/C27H28N4O2/c1-17-7-10-24-25(31(17)18(2)32)12-11-22(20(15-28)16-30-21-8-9-21)26(24)33-27-23-6-4-3-5-19(23)13-14-29-27/h3-6,11-17,21H,7-10,28H2,1-2H3/t17-/m0/s1. The molecule has 0 spiro atoms. The molecule has 1 aromatic heterocycles. The number of amides is 1. The van der Waals surface area contributed by atoms with E-state index in [-0.39, 0.29) is 11.9 Å². The number of ether oxygens (including phenoxy) is 1. The van der Waals surface area contributed by atoms with E-state index in [1.807, 2.05) is 53.6 Å². The number of fused-ring (bicyclic) bond motifs is 2. The highest BCUT2D eigenvalue weighted by Crippen LogP contribution is 2.43. The van der Waals surface area contributed by atoms with Gasteiger partial charge in [0.2, 0.25) is 11.8 Å². The molecular weight excluding hydrogens is 412 g/mol. The Morgan fingerprint density at radius 1 is 1.18 bits per heavy atom. The summed E-state index contributed by atoms with van der Waals surface area (Å²) in [4.78, 5) is 23.5. The molecular formula is C27H28N4O2. The summed E-state index contributed by atoms with van der Waals surface area (Å²) in [7, 11) is 0. The first-order valence-corrected chi connectivity index (χ1v) is 11.5.